The molecule has 0 aromatic heterocycles. The van der Waals surface area contributed by atoms with Crippen molar-refractivity contribution in [1.29, 1.82) is 0 Å². The Morgan fingerprint density at radius 2 is 1.66 bits per heavy atom. The lowest BCUT2D eigenvalue weighted by atomic mass is 9.73. The number of nitrogens with one attached hydrogen (secondary N) is 1. The van der Waals surface area contributed by atoms with Crippen molar-refractivity contribution in [2.75, 3.05) is 39.5 Å². The van der Waals surface area contributed by atoms with Crippen molar-refractivity contribution in [2.24, 2.45) is 0 Å². The van der Waals surface area contributed by atoms with E-state index in [1.165, 1.54) is 4.31 Å². The third-order valence-electron chi connectivity index (χ3n) is 6.29. The Labute approximate surface area is 189 Å². The van der Waals surface area contributed by atoms with Crippen LogP contribution in [0.4, 0.5) is 0 Å². The Balaban J connectivity index is 1.31. The Morgan fingerprint density at radius 3 is 2.31 bits per heavy atom. The van der Waals surface area contributed by atoms with Crippen LogP contribution in [0.5, 0.6) is 5.75 Å². The molecule has 2 saturated heterocycles. The zero-order valence-corrected chi connectivity index (χ0v) is 19.0. The van der Waals surface area contributed by atoms with Gasteiger partial charge in [-0.25, -0.2) is 8.42 Å². The molecular weight excluding hydrogens is 428 g/mol. The molecule has 2 aromatic carbocycles. The van der Waals surface area contributed by atoms with E-state index in [1.807, 2.05) is 30.3 Å². The molecule has 8 heteroatoms. The van der Waals surface area contributed by atoms with Gasteiger partial charge in [0.05, 0.1) is 16.9 Å². The van der Waals surface area contributed by atoms with Gasteiger partial charge in [-0.3, -0.25) is 4.79 Å². The number of sulfonamides is 1. The minimum absolute atomic E-state index is 0.0114. The van der Waals surface area contributed by atoms with E-state index in [0.29, 0.717) is 58.0 Å². The van der Waals surface area contributed by atoms with E-state index >= 15 is 0 Å². The highest BCUT2D eigenvalue weighted by Crippen LogP contribution is 2.35. The topological polar surface area (TPSA) is 84.9 Å². The van der Waals surface area contributed by atoms with Gasteiger partial charge in [0.15, 0.2) is 0 Å². The Hall–Kier alpha value is -2.42. The number of carbonyl (C=O) groups excluding carboxylic acids is 1. The van der Waals surface area contributed by atoms with E-state index in [0.717, 1.165) is 18.4 Å². The van der Waals surface area contributed by atoms with Gasteiger partial charge < -0.3 is 14.8 Å². The summed E-state index contributed by atoms with van der Waals surface area (Å²) < 4.78 is 38.0. The molecule has 0 saturated carbocycles. The van der Waals surface area contributed by atoms with Crippen LogP contribution >= 0.6 is 0 Å². The maximum absolute atomic E-state index is 13.1. The van der Waals surface area contributed by atoms with Gasteiger partial charge in [-0.1, -0.05) is 30.3 Å². The minimum atomic E-state index is -3.43. The second kappa shape index (κ2) is 10.0. The van der Waals surface area contributed by atoms with Crippen molar-refractivity contribution in [3.8, 4) is 5.75 Å². The smallest absolute Gasteiger partial charge is 0.243 e. The first-order valence-corrected chi connectivity index (χ1v) is 12.6. The van der Waals surface area contributed by atoms with Crippen LogP contribution < -0.4 is 10.1 Å². The summed E-state index contributed by atoms with van der Waals surface area (Å²) in [5.74, 6) is 0.561. The highest BCUT2D eigenvalue weighted by Gasteiger charge is 2.41. The van der Waals surface area contributed by atoms with E-state index in [-0.39, 0.29) is 10.8 Å². The summed E-state index contributed by atoms with van der Waals surface area (Å²) in [7, 11) is -3.43. The van der Waals surface area contributed by atoms with E-state index in [2.05, 4.69) is 5.32 Å². The lowest BCUT2D eigenvalue weighted by molar-refractivity contribution is -0.130. The molecule has 0 bridgehead atoms. The standard InChI is InChI=1S/C24H30N2O5S/c27-23(24(12-17-30-18-13-24)20-6-2-1-3-7-20)25-14-19-31-21-8-10-22(11-9-21)32(28,29)26-15-4-5-16-26/h1-3,6-11H,4-5,12-19H2,(H,25,27). The highest BCUT2D eigenvalue weighted by atomic mass is 32.2. The first-order valence-electron chi connectivity index (χ1n) is 11.2. The molecule has 7 nitrogen and oxygen atoms in total. The second-order valence-electron chi connectivity index (χ2n) is 8.25. The van der Waals surface area contributed by atoms with Crippen molar-refractivity contribution in [3.05, 3.63) is 60.2 Å². The third-order valence-corrected chi connectivity index (χ3v) is 8.20. The van der Waals surface area contributed by atoms with Gasteiger partial charge in [-0.05, 0) is 55.5 Å². The molecule has 0 spiro atoms. The van der Waals surface area contributed by atoms with Crippen molar-refractivity contribution in [2.45, 2.75) is 36.0 Å². The van der Waals surface area contributed by atoms with Gasteiger partial charge in [0.2, 0.25) is 15.9 Å². The molecule has 0 unspecified atom stereocenters. The van der Waals surface area contributed by atoms with Crippen LogP contribution in [-0.4, -0.2) is 58.1 Å². The van der Waals surface area contributed by atoms with Gasteiger partial charge >= 0.3 is 0 Å². The molecule has 2 fully saturated rings. The van der Waals surface area contributed by atoms with Crippen molar-refractivity contribution < 1.29 is 22.7 Å². The van der Waals surface area contributed by atoms with E-state index < -0.39 is 15.4 Å². The summed E-state index contributed by atoms with van der Waals surface area (Å²) in [5.41, 5.74) is 0.432. The summed E-state index contributed by atoms with van der Waals surface area (Å²) in [5, 5.41) is 3.01. The predicted octanol–water partition coefficient (Wildman–Crippen LogP) is 2.71. The van der Waals surface area contributed by atoms with Crippen LogP contribution in [0.15, 0.2) is 59.5 Å². The van der Waals surface area contributed by atoms with Gasteiger partial charge in [0, 0.05) is 26.3 Å². The molecule has 0 atom stereocenters. The van der Waals surface area contributed by atoms with E-state index in [1.54, 1.807) is 24.3 Å². The number of amides is 1. The largest absolute Gasteiger partial charge is 0.492 e. The molecule has 32 heavy (non-hydrogen) atoms. The van der Waals surface area contributed by atoms with Crippen LogP contribution in [0.3, 0.4) is 0 Å². The zero-order valence-electron chi connectivity index (χ0n) is 18.2. The fourth-order valence-corrected chi connectivity index (χ4v) is 5.93. The molecule has 172 valence electrons. The predicted molar refractivity (Wildman–Crippen MR) is 121 cm³/mol. The monoisotopic (exact) mass is 458 g/mol. The van der Waals surface area contributed by atoms with Crippen molar-refractivity contribution >= 4 is 15.9 Å². The minimum Gasteiger partial charge on any atom is -0.492 e. The average molecular weight is 459 g/mol. The number of ether oxygens (including phenoxy) is 2. The maximum Gasteiger partial charge on any atom is 0.243 e. The summed E-state index contributed by atoms with van der Waals surface area (Å²) >= 11 is 0. The third kappa shape index (κ3) is 4.82. The molecule has 0 aliphatic carbocycles. The maximum atomic E-state index is 13.1. The van der Waals surface area contributed by atoms with Gasteiger partial charge in [0.25, 0.3) is 0 Å². The van der Waals surface area contributed by atoms with Gasteiger partial charge in [-0.2, -0.15) is 4.31 Å². The Kier molecular flexibility index (Phi) is 7.13. The number of rotatable bonds is 8. The summed E-state index contributed by atoms with van der Waals surface area (Å²) in [4.78, 5) is 13.4. The van der Waals surface area contributed by atoms with Crippen molar-refractivity contribution in [1.82, 2.24) is 9.62 Å². The lowest BCUT2D eigenvalue weighted by Gasteiger charge is -2.36. The van der Waals surface area contributed by atoms with E-state index in [9.17, 15) is 13.2 Å². The van der Waals surface area contributed by atoms with Crippen LogP contribution in [0.25, 0.3) is 0 Å². The quantitative estimate of drug-likeness (QED) is 0.615. The number of hydrogen-bond acceptors (Lipinski definition) is 5. The lowest BCUT2D eigenvalue weighted by Crippen LogP contribution is -2.48. The molecule has 2 aliphatic rings. The SMILES string of the molecule is O=C(NCCOc1ccc(S(=O)(=O)N2CCCC2)cc1)C1(c2ccccc2)CCOCC1. The van der Waals surface area contributed by atoms with Gasteiger partial charge in [-0.15, -0.1) is 0 Å². The number of hydrogen-bond donors (Lipinski definition) is 1. The molecule has 4 rings (SSSR count). The fourth-order valence-electron chi connectivity index (χ4n) is 4.41. The molecule has 2 aliphatic heterocycles. The Bertz CT molecular complexity index is 996. The van der Waals surface area contributed by atoms with E-state index in [4.69, 9.17) is 9.47 Å². The molecular formula is C24H30N2O5S. The molecule has 1 N–H and O–H groups in total. The highest BCUT2D eigenvalue weighted by molar-refractivity contribution is 7.89. The number of carbonyl (C=O) groups is 1. The van der Waals surface area contributed by atoms with Crippen molar-refractivity contribution in [3.63, 3.8) is 0 Å². The average Bonchev–Trinajstić information content (AvgIpc) is 3.39. The van der Waals surface area contributed by atoms with Crippen LogP contribution in [0.1, 0.15) is 31.2 Å². The van der Waals surface area contributed by atoms with Gasteiger partial charge in [0.1, 0.15) is 12.4 Å². The normalized spacial score (nSPS) is 18.9. The van der Waals surface area contributed by atoms with Crippen LogP contribution in [-0.2, 0) is 25.0 Å². The van der Waals surface area contributed by atoms with Crippen LogP contribution in [0, 0.1) is 0 Å². The van der Waals surface area contributed by atoms with Crippen LogP contribution in [0.2, 0.25) is 0 Å². The second-order valence-corrected chi connectivity index (χ2v) is 10.2. The number of nitrogens with zero attached hydrogens (tertiary/aromatic N) is 1. The molecule has 0 radical (unpaired) electrons. The first-order chi connectivity index (χ1) is 15.5. The summed E-state index contributed by atoms with van der Waals surface area (Å²) in [6.45, 7) is 2.94. The molecule has 1 amide bonds. The fraction of sp³-hybridized carbons (Fsp3) is 0.458. The Morgan fingerprint density at radius 1 is 1.00 bits per heavy atom. The first kappa shape index (κ1) is 22.8. The summed E-state index contributed by atoms with van der Waals surface area (Å²) in [6, 6.07) is 16.3. The summed E-state index contributed by atoms with van der Waals surface area (Å²) in [6.07, 6.45) is 3.11. The zero-order chi connectivity index (χ0) is 22.4. The molecule has 2 aromatic rings. The molecule has 2 heterocycles. The number of benzene rings is 2.